The van der Waals surface area contributed by atoms with Gasteiger partial charge in [-0.05, 0) is 84.5 Å². The zero-order chi connectivity index (χ0) is 20.4. The minimum Gasteiger partial charge on any atom is -0.298 e. The number of benzene rings is 3. The molecule has 4 rings (SSSR count). The van der Waals surface area contributed by atoms with Crippen molar-refractivity contribution < 1.29 is 0 Å². The molecule has 0 aliphatic carbocycles. The Labute approximate surface area is 176 Å². The molecule has 3 aromatic carbocycles. The van der Waals surface area contributed by atoms with Gasteiger partial charge >= 0.3 is 0 Å². The third-order valence-corrected chi connectivity index (χ3v) is 6.71. The van der Waals surface area contributed by atoms with Crippen LogP contribution in [0.4, 0.5) is 0 Å². The van der Waals surface area contributed by atoms with Gasteiger partial charge in [-0.2, -0.15) is 0 Å². The van der Waals surface area contributed by atoms with Crippen molar-refractivity contribution in [1.82, 2.24) is 4.90 Å². The molecule has 0 radical (unpaired) electrons. The van der Waals surface area contributed by atoms with Gasteiger partial charge < -0.3 is 0 Å². The van der Waals surface area contributed by atoms with Crippen molar-refractivity contribution in [2.75, 3.05) is 13.1 Å². The lowest BCUT2D eigenvalue weighted by molar-refractivity contribution is 0.256. The number of aryl methyl sites for hydroxylation is 1. The van der Waals surface area contributed by atoms with Crippen molar-refractivity contribution in [2.45, 2.75) is 53.5 Å². The predicted octanol–water partition coefficient (Wildman–Crippen LogP) is 6.44. The smallest absolute Gasteiger partial charge is 0.0239 e. The van der Waals surface area contributed by atoms with E-state index in [-0.39, 0.29) is 0 Å². The van der Waals surface area contributed by atoms with Crippen LogP contribution in [-0.2, 0) is 25.8 Å². The maximum Gasteiger partial charge on any atom is 0.0239 e. The first-order chi connectivity index (χ1) is 14.1. The standard InChI is InChI=1S/C28H33N/c1-5-25-21(3)26-16-18-29(17-15-23-9-7-6-8-10-23)19-27(26)22(4)28(25)24-13-11-20(2)12-14-24/h6-14H,5,15-19H2,1-4H3. The highest BCUT2D eigenvalue weighted by molar-refractivity contribution is 5.75. The third-order valence-electron chi connectivity index (χ3n) is 6.71. The van der Waals surface area contributed by atoms with Crippen LogP contribution in [0.15, 0.2) is 54.6 Å². The van der Waals surface area contributed by atoms with E-state index in [1.165, 1.54) is 46.3 Å². The Morgan fingerprint density at radius 3 is 2.24 bits per heavy atom. The summed E-state index contributed by atoms with van der Waals surface area (Å²) in [5, 5.41) is 0. The summed E-state index contributed by atoms with van der Waals surface area (Å²) in [6.45, 7) is 12.6. The summed E-state index contributed by atoms with van der Waals surface area (Å²) in [4.78, 5) is 2.65. The summed E-state index contributed by atoms with van der Waals surface area (Å²) in [7, 11) is 0. The van der Waals surface area contributed by atoms with Crippen LogP contribution in [0.3, 0.4) is 0 Å². The van der Waals surface area contributed by atoms with Gasteiger partial charge in [0.2, 0.25) is 0 Å². The number of rotatable bonds is 5. The van der Waals surface area contributed by atoms with Gasteiger partial charge in [-0.25, -0.2) is 0 Å². The summed E-state index contributed by atoms with van der Waals surface area (Å²) in [5.74, 6) is 0. The lowest BCUT2D eigenvalue weighted by Gasteiger charge is -2.33. The summed E-state index contributed by atoms with van der Waals surface area (Å²) >= 11 is 0. The number of hydrogen-bond donors (Lipinski definition) is 0. The second-order valence-electron chi connectivity index (χ2n) is 8.54. The molecular weight excluding hydrogens is 350 g/mol. The number of hydrogen-bond acceptors (Lipinski definition) is 1. The normalized spacial score (nSPS) is 14.1. The zero-order valence-electron chi connectivity index (χ0n) is 18.4. The molecule has 0 bridgehead atoms. The van der Waals surface area contributed by atoms with E-state index < -0.39 is 0 Å². The maximum absolute atomic E-state index is 2.65. The van der Waals surface area contributed by atoms with Crippen LogP contribution in [0.25, 0.3) is 11.1 Å². The van der Waals surface area contributed by atoms with E-state index in [1.54, 1.807) is 16.7 Å². The lowest BCUT2D eigenvalue weighted by atomic mass is 9.81. The van der Waals surface area contributed by atoms with E-state index in [0.29, 0.717) is 0 Å². The molecular formula is C28H33N. The first-order valence-corrected chi connectivity index (χ1v) is 11.1. The Kier molecular flexibility index (Phi) is 5.87. The van der Waals surface area contributed by atoms with Gasteiger partial charge in [0, 0.05) is 19.6 Å². The molecule has 0 saturated carbocycles. The minimum atomic E-state index is 1.08. The molecule has 1 aliphatic heterocycles. The molecule has 150 valence electrons. The largest absolute Gasteiger partial charge is 0.298 e. The Balaban J connectivity index is 1.67. The molecule has 29 heavy (non-hydrogen) atoms. The van der Waals surface area contributed by atoms with Crippen molar-refractivity contribution in [3.63, 3.8) is 0 Å². The van der Waals surface area contributed by atoms with E-state index >= 15 is 0 Å². The van der Waals surface area contributed by atoms with Gasteiger partial charge in [0.1, 0.15) is 0 Å². The quantitative estimate of drug-likeness (QED) is 0.490. The molecule has 0 unspecified atom stereocenters. The molecule has 1 heteroatoms. The fourth-order valence-electron chi connectivity index (χ4n) is 5.00. The number of fused-ring (bicyclic) bond motifs is 1. The molecule has 1 aliphatic rings. The van der Waals surface area contributed by atoms with Crippen LogP contribution < -0.4 is 0 Å². The molecule has 1 heterocycles. The Bertz CT molecular complexity index is 983. The monoisotopic (exact) mass is 383 g/mol. The van der Waals surface area contributed by atoms with Crippen molar-refractivity contribution in [3.8, 4) is 11.1 Å². The molecule has 0 atom stereocenters. The van der Waals surface area contributed by atoms with E-state index in [1.807, 2.05) is 0 Å². The average molecular weight is 384 g/mol. The van der Waals surface area contributed by atoms with Gasteiger partial charge in [0.15, 0.2) is 0 Å². The van der Waals surface area contributed by atoms with E-state index in [4.69, 9.17) is 0 Å². The number of nitrogens with zero attached hydrogens (tertiary/aromatic N) is 1. The molecule has 0 spiro atoms. The predicted molar refractivity (Wildman–Crippen MR) is 125 cm³/mol. The molecule has 0 aromatic heterocycles. The highest BCUT2D eigenvalue weighted by Crippen LogP contribution is 2.38. The highest BCUT2D eigenvalue weighted by Gasteiger charge is 2.24. The molecule has 0 fully saturated rings. The Morgan fingerprint density at radius 1 is 0.828 bits per heavy atom. The van der Waals surface area contributed by atoms with Crippen LogP contribution in [0.2, 0.25) is 0 Å². The zero-order valence-corrected chi connectivity index (χ0v) is 18.4. The topological polar surface area (TPSA) is 3.24 Å². The fourth-order valence-corrected chi connectivity index (χ4v) is 5.00. The Hall–Kier alpha value is -2.38. The van der Waals surface area contributed by atoms with Gasteiger partial charge in [0.25, 0.3) is 0 Å². The van der Waals surface area contributed by atoms with Crippen LogP contribution in [0.1, 0.15) is 45.9 Å². The van der Waals surface area contributed by atoms with E-state index in [9.17, 15) is 0 Å². The van der Waals surface area contributed by atoms with Crippen LogP contribution in [-0.4, -0.2) is 18.0 Å². The second-order valence-corrected chi connectivity index (χ2v) is 8.54. The van der Waals surface area contributed by atoms with Crippen molar-refractivity contribution in [2.24, 2.45) is 0 Å². The second kappa shape index (κ2) is 8.55. The SMILES string of the molecule is CCc1c(C)c2c(c(C)c1-c1ccc(C)cc1)CN(CCc1ccccc1)CC2. The fraction of sp³-hybridized carbons (Fsp3) is 0.357. The first kappa shape index (κ1) is 19.9. The van der Waals surface area contributed by atoms with Gasteiger partial charge in [-0.15, -0.1) is 0 Å². The van der Waals surface area contributed by atoms with Crippen LogP contribution >= 0.6 is 0 Å². The minimum absolute atomic E-state index is 1.08. The summed E-state index contributed by atoms with van der Waals surface area (Å²) in [6.07, 6.45) is 3.41. The van der Waals surface area contributed by atoms with E-state index in [0.717, 1.165) is 25.9 Å². The average Bonchev–Trinajstić information content (AvgIpc) is 2.76. The van der Waals surface area contributed by atoms with Gasteiger partial charge in [-0.3, -0.25) is 4.90 Å². The molecule has 0 amide bonds. The highest BCUT2D eigenvalue weighted by atomic mass is 15.1. The molecule has 0 N–H and O–H groups in total. The van der Waals surface area contributed by atoms with Crippen molar-refractivity contribution in [1.29, 1.82) is 0 Å². The van der Waals surface area contributed by atoms with Crippen LogP contribution in [0, 0.1) is 20.8 Å². The van der Waals surface area contributed by atoms with Crippen LogP contribution in [0.5, 0.6) is 0 Å². The first-order valence-electron chi connectivity index (χ1n) is 11.1. The lowest BCUT2D eigenvalue weighted by Crippen LogP contribution is -2.33. The summed E-state index contributed by atoms with van der Waals surface area (Å²) in [5.41, 5.74) is 13.4. The molecule has 0 saturated heterocycles. The molecule has 1 nitrogen and oxygen atoms in total. The summed E-state index contributed by atoms with van der Waals surface area (Å²) < 4.78 is 0. The third kappa shape index (κ3) is 4.02. The Morgan fingerprint density at radius 2 is 1.55 bits per heavy atom. The van der Waals surface area contributed by atoms with Gasteiger partial charge in [0.05, 0.1) is 0 Å². The molecule has 3 aromatic rings. The maximum atomic E-state index is 2.65. The van der Waals surface area contributed by atoms with Crippen molar-refractivity contribution >= 4 is 0 Å². The van der Waals surface area contributed by atoms with Gasteiger partial charge in [-0.1, -0.05) is 67.1 Å². The van der Waals surface area contributed by atoms with E-state index in [2.05, 4.69) is 87.2 Å². The summed E-state index contributed by atoms with van der Waals surface area (Å²) in [6, 6.07) is 20.0. The van der Waals surface area contributed by atoms with Crippen molar-refractivity contribution in [3.05, 3.63) is 93.5 Å².